The molecule has 2 aromatic heterocycles. The van der Waals surface area contributed by atoms with E-state index in [0.29, 0.717) is 6.54 Å². The molecule has 2 N–H and O–H groups in total. The van der Waals surface area contributed by atoms with Gasteiger partial charge in [-0.1, -0.05) is 6.07 Å². The van der Waals surface area contributed by atoms with Crippen molar-refractivity contribution in [1.82, 2.24) is 20.1 Å². The highest BCUT2D eigenvalue weighted by molar-refractivity contribution is 5.24. The molecule has 108 valence electrons. The fourth-order valence-corrected chi connectivity index (χ4v) is 2.28. The molecule has 5 nitrogen and oxygen atoms in total. The lowest BCUT2D eigenvalue weighted by Gasteiger charge is -2.06. The topological polar surface area (TPSA) is 63.0 Å². The van der Waals surface area contributed by atoms with E-state index in [2.05, 4.69) is 15.4 Å². The van der Waals surface area contributed by atoms with Crippen molar-refractivity contribution < 1.29 is 5.11 Å². The van der Waals surface area contributed by atoms with Gasteiger partial charge >= 0.3 is 0 Å². The van der Waals surface area contributed by atoms with Crippen LogP contribution < -0.4 is 5.32 Å². The van der Waals surface area contributed by atoms with Crippen molar-refractivity contribution in [2.24, 2.45) is 0 Å². The molecule has 0 unspecified atom stereocenters. The molecule has 5 heteroatoms. The minimum Gasteiger partial charge on any atom is -0.394 e. The highest BCUT2D eigenvalue weighted by atomic mass is 16.3. The Kier molecular flexibility index (Phi) is 5.26. The van der Waals surface area contributed by atoms with E-state index >= 15 is 0 Å². The number of hydrogen-bond acceptors (Lipinski definition) is 4. The van der Waals surface area contributed by atoms with Crippen molar-refractivity contribution in [1.29, 1.82) is 0 Å². The second-order valence-electron chi connectivity index (χ2n) is 4.84. The lowest BCUT2D eigenvalue weighted by molar-refractivity contribution is 0.267. The van der Waals surface area contributed by atoms with Gasteiger partial charge in [0.1, 0.15) is 0 Å². The lowest BCUT2D eigenvalue weighted by Crippen LogP contribution is -2.18. The van der Waals surface area contributed by atoms with Gasteiger partial charge in [0.2, 0.25) is 0 Å². The van der Waals surface area contributed by atoms with Gasteiger partial charge in [-0.3, -0.25) is 9.67 Å². The highest BCUT2D eigenvalue weighted by Crippen LogP contribution is 2.12. The molecule has 0 saturated carbocycles. The van der Waals surface area contributed by atoms with Crippen molar-refractivity contribution in [3.8, 4) is 0 Å². The van der Waals surface area contributed by atoms with Crippen LogP contribution in [-0.4, -0.2) is 33.0 Å². The van der Waals surface area contributed by atoms with Crippen LogP contribution in [0.3, 0.4) is 0 Å². The van der Waals surface area contributed by atoms with Crippen LogP contribution in [0.2, 0.25) is 0 Å². The van der Waals surface area contributed by atoms with Crippen LogP contribution in [0, 0.1) is 13.8 Å². The van der Waals surface area contributed by atoms with Gasteiger partial charge in [0.25, 0.3) is 0 Å². The van der Waals surface area contributed by atoms with Crippen LogP contribution in [0.4, 0.5) is 0 Å². The molecule has 2 rings (SSSR count). The smallest absolute Gasteiger partial charge is 0.0644 e. The minimum absolute atomic E-state index is 0.120. The van der Waals surface area contributed by atoms with E-state index in [-0.39, 0.29) is 6.61 Å². The number of aliphatic hydroxyl groups excluding tert-OH is 1. The molecule has 2 heterocycles. The van der Waals surface area contributed by atoms with Gasteiger partial charge in [0.05, 0.1) is 18.8 Å². The first-order chi connectivity index (χ1) is 9.72. The molecule has 0 saturated heterocycles. The maximum Gasteiger partial charge on any atom is 0.0644 e. The molecule has 0 bridgehead atoms. The van der Waals surface area contributed by atoms with Crippen molar-refractivity contribution in [3.05, 3.63) is 47.0 Å². The molecule has 0 aliphatic carbocycles. The predicted molar refractivity (Wildman–Crippen MR) is 78.4 cm³/mol. The summed E-state index contributed by atoms with van der Waals surface area (Å²) in [5.74, 6) is 0. The lowest BCUT2D eigenvalue weighted by atomic mass is 10.2. The Labute approximate surface area is 119 Å². The first-order valence-electron chi connectivity index (χ1n) is 6.96. The summed E-state index contributed by atoms with van der Waals surface area (Å²) >= 11 is 0. The minimum atomic E-state index is 0.120. The molecular weight excluding hydrogens is 252 g/mol. The number of aliphatic hydroxyl groups is 1. The van der Waals surface area contributed by atoms with Gasteiger partial charge in [0.15, 0.2) is 0 Å². The molecule has 0 aliphatic rings. The number of pyridine rings is 1. The zero-order valence-corrected chi connectivity index (χ0v) is 12.1. The van der Waals surface area contributed by atoms with E-state index < -0.39 is 0 Å². The zero-order valence-electron chi connectivity index (χ0n) is 12.1. The Balaban J connectivity index is 1.85. The second kappa shape index (κ2) is 7.17. The first kappa shape index (κ1) is 14.7. The van der Waals surface area contributed by atoms with E-state index in [4.69, 9.17) is 5.11 Å². The van der Waals surface area contributed by atoms with Crippen molar-refractivity contribution in [3.63, 3.8) is 0 Å². The summed E-state index contributed by atoms with van der Waals surface area (Å²) in [7, 11) is 0. The molecule has 0 fully saturated rings. The Morgan fingerprint density at radius 2 is 2.15 bits per heavy atom. The number of nitrogens with one attached hydrogen (secondary N) is 1. The van der Waals surface area contributed by atoms with E-state index in [9.17, 15) is 0 Å². The van der Waals surface area contributed by atoms with Gasteiger partial charge < -0.3 is 10.4 Å². The summed E-state index contributed by atoms with van der Waals surface area (Å²) in [5.41, 5.74) is 4.48. The summed E-state index contributed by atoms with van der Waals surface area (Å²) in [4.78, 5) is 4.30. The quantitative estimate of drug-likeness (QED) is 0.745. The Morgan fingerprint density at radius 3 is 2.85 bits per heavy atom. The number of nitrogens with zero attached hydrogens (tertiary/aromatic N) is 3. The number of aryl methyl sites for hydroxylation is 1. The van der Waals surface area contributed by atoms with Gasteiger partial charge in [-0.05, 0) is 26.0 Å². The number of rotatable bonds is 7. The van der Waals surface area contributed by atoms with Crippen molar-refractivity contribution in [2.75, 3.05) is 13.2 Å². The van der Waals surface area contributed by atoms with Gasteiger partial charge in [-0.2, -0.15) is 5.10 Å². The molecule has 0 aliphatic heterocycles. The van der Waals surface area contributed by atoms with Gasteiger partial charge in [-0.25, -0.2) is 0 Å². The van der Waals surface area contributed by atoms with Crippen LogP contribution in [0.15, 0.2) is 24.4 Å². The molecule has 0 atom stereocenters. The molecule has 0 aromatic carbocycles. The second-order valence-corrected chi connectivity index (χ2v) is 4.84. The van der Waals surface area contributed by atoms with Crippen LogP contribution in [0.5, 0.6) is 0 Å². The van der Waals surface area contributed by atoms with Crippen molar-refractivity contribution in [2.45, 2.75) is 33.4 Å². The average Bonchev–Trinajstić information content (AvgIpc) is 2.72. The maximum absolute atomic E-state index is 9.00. The zero-order chi connectivity index (χ0) is 14.4. The third kappa shape index (κ3) is 3.65. The van der Waals surface area contributed by atoms with E-state index in [0.717, 1.165) is 36.6 Å². The Hall–Kier alpha value is -1.72. The first-order valence-corrected chi connectivity index (χ1v) is 6.96. The summed E-state index contributed by atoms with van der Waals surface area (Å²) in [6.07, 6.45) is 2.74. The summed E-state index contributed by atoms with van der Waals surface area (Å²) in [6, 6.07) is 5.98. The number of aromatic nitrogens is 3. The summed E-state index contributed by atoms with van der Waals surface area (Å²) in [5, 5.41) is 16.9. The monoisotopic (exact) mass is 274 g/mol. The normalized spacial score (nSPS) is 10.9. The molecule has 0 spiro atoms. The summed E-state index contributed by atoms with van der Waals surface area (Å²) < 4.78 is 1.87. The Morgan fingerprint density at radius 1 is 1.30 bits per heavy atom. The van der Waals surface area contributed by atoms with Gasteiger partial charge in [0, 0.05) is 42.7 Å². The van der Waals surface area contributed by atoms with E-state index in [1.54, 1.807) is 0 Å². The maximum atomic E-state index is 9.00. The van der Waals surface area contributed by atoms with Crippen LogP contribution in [0.1, 0.15) is 22.6 Å². The average molecular weight is 274 g/mol. The standard InChI is InChI=1S/C15H22N4O/c1-12-15(13(2)19(18-12)9-10-20)11-16-8-6-14-5-3-4-7-17-14/h3-5,7,16,20H,6,8-11H2,1-2H3. The fourth-order valence-electron chi connectivity index (χ4n) is 2.28. The number of hydrogen-bond donors (Lipinski definition) is 2. The molecular formula is C15H22N4O. The van der Waals surface area contributed by atoms with Crippen LogP contribution in [0.25, 0.3) is 0 Å². The third-order valence-electron chi connectivity index (χ3n) is 3.43. The van der Waals surface area contributed by atoms with Gasteiger partial charge in [-0.15, -0.1) is 0 Å². The molecule has 2 aromatic rings. The SMILES string of the molecule is Cc1nn(CCO)c(C)c1CNCCc1ccccn1. The van der Waals surface area contributed by atoms with E-state index in [1.807, 2.05) is 42.9 Å². The Bertz CT molecular complexity index is 536. The van der Waals surface area contributed by atoms with Crippen molar-refractivity contribution >= 4 is 0 Å². The highest BCUT2D eigenvalue weighted by Gasteiger charge is 2.10. The molecule has 0 radical (unpaired) electrons. The summed E-state index contributed by atoms with van der Waals surface area (Å²) in [6.45, 7) is 6.42. The predicted octanol–water partition coefficient (Wildman–Crippen LogP) is 1.22. The van der Waals surface area contributed by atoms with E-state index in [1.165, 1.54) is 5.56 Å². The van der Waals surface area contributed by atoms with Crippen LogP contribution in [-0.2, 0) is 19.5 Å². The fraction of sp³-hybridized carbons (Fsp3) is 0.467. The third-order valence-corrected chi connectivity index (χ3v) is 3.43. The molecule has 20 heavy (non-hydrogen) atoms. The van der Waals surface area contributed by atoms with Crippen LogP contribution >= 0.6 is 0 Å². The molecule has 0 amide bonds. The largest absolute Gasteiger partial charge is 0.394 e.